The lowest BCUT2D eigenvalue weighted by Gasteiger charge is -2.24. The molecule has 0 aliphatic carbocycles. The van der Waals surface area contributed by atoms with Gasteiger partial charge in [-0.2, -0.15) is 0 Å². The van der Waals surface area contributed by atoms with Crippen molar-refractivity contribution >= 4 is 11.6 Å². The molecule has 0 aliphatic rings. The fraction of sp³-hybridized carbons (Fsp3) is 0.533. The first-order valence-corrected chi connectivity index (χ1v) is 7.14. The number of carbonyl (C=O) groups is 1. The second-order valence-corrected chi connectivity index (χ2v) is 4.71. The molecule has 0 saturated carbocycles. The number of para-hydroxylation sites is 1. The highest BCUT2D eigenvalue weighted by molar-refractivity contribution is 5.81. The Labute approximate surface area is 125 Å². The number of nitrogens with two attached hydrogens (primary N) is 1. The highest BCUT2D eigenvalue weighted by atomic mass is 19.1. The summed E-state index contributed by atoms with van der Waals surface area (Å²) in [6.45, 7) is 2.32. The number of carbonyl (C=O) groups excluding carboxylic acids is 1. The predicted octanol–water partition coefficient (Wildman–Crippen LogP) is 1.13. The highest BCUT2D eigenvalue weighted by Crippen LogP contribution is 2.18. The minimum absolute atomic E-state index is 0.119. The molecule has 0 heterocycles. The summed E-state index contributed by atoms with van der Waals surface area (Å²) in [5.74, 6) is -0.465. The molecule has 5 nitrogen and oxygen atoms in total. The van der Waals surface area contributed by atoms with Crippen LogP contribution in [0.5, 0.6) is 0 Å². The minimum Gasteiger partial charge on any atom is -0.385 e. The van der Waals surface area contributed by atoms with Crippen molar-refractivity contribution in [1.82, 2.24) is 5.32 Å². The Morgan fingerprint density at radius 2 is 2.14 bits per heavy atom. The van der Waals surface area contributed by atoms with E-state index in [1.54, 1.807) is 30.2 Å². The van der Waals surface area contributed by atoms with Crippen LogP contribution in [0.2, 0.25) is 0 Å². The first-order valence-electron chi connectivity index (χ1n) is 7.14. The monoisotopic (exact) mass is 297 g/mol. The van der Waals surface area contributed by atoms with Gasteiger partial charge in [0.2, 0.25) is 5.91 Å². The first kappa shape index (κ1) is 17.4. The van der Waals surface area contributed by atoms with Gasteiger partial charge in [0.25, 0.3) is 0 Å². The van der Waals surface area contributed by atoms with E-state index >= 15 is 0 Å². The lowest BCUT2D eigenvalue weighted by atomic mass is 10.2. The Hall–Kier alpha value is -1.66. The van der Waals surface area contributed by atoms with Gasteiger partial charge in [-0.25, -0.2) is 4.39 Å². The molecule has 0 aliphatic heterocycles. The van der Waals surface area contributed by atoms with Crippen LogP contribution >= 0.6 is 0 Å². The molecule has 6 heteroatoms. The summed E-state index contributed by atoms with van der Waals surface area (Å²) in [4.78, 5) is 13.6. The molecule has 21 heavy (non-hydrogen) atoms. The van der Waals surface area contributed by atoms with Crippen molar-refractivity contribution in [3.8, 4) is 0 Å². The SMILES string of the molecule is COCCCNC(=O)CN(CCCN)c1ccccc1F. The molecule has 0 radical (unpaired) electrons. The van der Waals surface area contributed by atoms with E-state index in [-0.39, 0.29) is 18.3 Å². The molecule has 0 atom stereocenters. The maximum atomic E-state index is 13.8. The molecular formula is C15H24FN3O2. The van der Waals surface area contributed by atoms with Gasteiger partial charge >= 0.3 is 0 Å². The van der Waals surface area contributed by atoms with Gasteiger partial charge in [0.15, 0.2) is 0 Å². The quantitative estimate of drug-likeness (QED) is 0.635. The van der Waals surface area contributed by atoms with Gasteiger partial charge < -0.3 is 20.7 Å². The van der Waals surface area contributed by atoms with Crippen LogP contribution in [0.3, 0.4) is 0 Å². The van der Waals surface area contributed by atoms with Crippen molar-refractivity contribution in [2.24, 2.45) is 5.73 Å². The van der Waals surface area contributed by atoms with E-state index in [2.05, 4.69) is 5.32 Å². The zero-order valence-electron chi connectivity index (χ0n) is 12.5. The number of methoxy groups -OCH3 is 1. The fourth-order valence-corrected chi connectivity index (χ4v) is 1.95. The maximum Gasteiger partial charge on any atom is 0.239 e. The molecule has 0 unspecified atom stereocenters. The molecule has 1 amide bonds. The van der Waals surface area contributed by atoms with E-state index < -0.39 is 0 Å². The van der Waals surface area contributed by atoms with Gasteiger partial charge in [-0.1, -0.05) is 12.1 Å². The van der Waals surface area contributed by atoms with Crippen molar-refractivity contribution in [2.75, 3.05) is 44.8 Å². The third-order valence-corrected chi connectivity index (χ3v) is 3.01. The van der Waals surface area contributed by atoms with Crippen LogP contribution in [0.4, 0.5) is 10.1 Å². The third-order valence-electron chi connectivity index (χ3n) is 3.01. The van der Waals surface area contributed by atoms with Crippen molar-refractivity contribution in [3.05, 3.63) is 30.1 Å². The zero-order chi connectivity index (χ0) is 15.5. The van der Waals surface area contributed by atoms with Gasteiger partial charge in [0.05, 0.1) is 12.2 Å². The number of hydrogen-bond acceptors (Lipinski definition) is 4. The van der Waals surface area contributed by atoms with E-state index in [1.807, 2.05) is 0 Å². The van der Waals surface area contributed by atoms with Crippen LogP contribution in [0.15, 0.2) is 24.3 Å². The molecule has 1 rings (SSSR count). The Bertz CT molecular complexity index is 429. The van der Waals surface area contributed by atoms with Crippen LogP contribution in [0.1, 0.15) is 12.8 Å². The summed E-state index contributed by atoms with van der Waals surface area (Å²) >= 11 is 0. The Balaban J connectivity index is 2.58. The number of rotatable bonds is 10. The number of nitrogens with zero attached hydrogens (tertiary/aromatic N) is 1. The second-order valence-electron chi connectivity index (χ2n) is 4.71. The summed E-state index contributed by atoms with van der Waals surface area (Å²) in [5, 5.41) is 2.80. The predicted molar refractivity (Wildman–Crippen MR) is 81.8 cm³/mol. The highest BCUT2D eigenvalue weighted by Gasteiger charge is 2.14. The van der Waals surface area contributed by atoms with Gasteiger partial charge in [0.1, 0.15) is 5.82 Å². The van der Waals surface area contributed by atoms with Crippen LogP contribution in [-0.4, -0.2) is 45.8 Å². The van der Waals surface area contributed by atoms with E-state index in [0.29, 0.717) is 38.3 Å². The van der Waals surface area contributed by atoms with Gasteiger partial charge in [-0.3, -0.25) is 4.79 Å². The molecule has 0 bridgehead atoms. The van der Waals surface area contributed by atoms with Crippen LogP contribution < -0.4 is 16.0 Å². The van der Waals surface area contributed by atoms with Crippen LogP contribution in [-0.2, 0) is 9.53 Å². The Kier molecular flexibility index (Phi) is 8.38. The standard InChI is InChI=1S/C15H24FN3O2/c1-21-11-5-9-18-15(20)12-19(10-4-8-17)14-7-3-2-6-13(14)16/h2-3,6-7H,4-5,8-12,17H2,1H3,(H,18,20). The van der Waals surface area contributed by atoms with E-state index in [0.717, 1.165) is 6.42 Å². The van der Waals surface area contributed by atoms with Crippen molar-refractivity contribution in [1.29, 1.82) is 0 Å². The van der Waals surface area contributed by atoms with Crippen LogP contribution in [0.25, 0.3) is 0 Å². The van der Waals surface area contributed by atoms with Crippen molar-refractivity contribution in [2.45, 2.75) is 12.8 Å². The molecule has 3 N–H and O–H groups in total. The molecule has 0 fully saturated rings. The molecule has 0 spiro atoms. The van der Waals surface area contributed by atoms with Gasteiger partial charge in [-0.05, 0) is 31.5 Å². The minimum atomic E-state index is -0.332. The molecule has 1 aromatic rings. The number of nitrogens with one attached hydrogen (secondary N) is 1. The average molecular weight is 297 g/mol. The van der Waals surface area contributed by atoms with Gasteiger partial charge in [0, 0.05) is 26.8 Å². The Morgan fingerprint density at radius 3 is 2.81 bits per heavy atom. The molecule has 1 aromatic carbocycles. The lowest BCUT2D eigenvalue weighted by Crippen LogP contribution is -2.39. The average Bonchev–Trinajstić information content (AvgIpc) is 2.48. The summed E-state index contributed by atoms with van der Waals surface area (Å²) in [7, 11) is 1.62. The van der Waals surface area contributed by atoms with E-state index in [1.165, 1.54) is 6.07 Å². The normalized spacial score (nSPS) is 10.4. The number of halogens is 1. The summed E-state index contributed by atoms with van der Waals surface area (Å²) in [6.07, 6.45) is 1.45. The molecule has 0 saturated heterocycles. The third kappa shape index (κ3) is 6.55. The zero-order valence-corrected chi connectivity index (χ0v) is 12.5. The van der Waals surface area contributed by atoms with Gasteiger partial charge in [-0.15, -0.1) is 0 Å². The second kappa shape index (κ2) is 10.1. The summed E-state index contributed by atoms with van der Waals surface area (Å²) in [5.41, 5.74) is 5.93. The number of amides is 1. The number of anilines is 1. The number of benzene rings is 1. The summed E-state index contributed by atoms with van der Waals surface area (Å²) < 4.78 is 18.8. The van der Waals surface area contributed by atoms with E-state index in [9.17, 15) is 9.18 Å². The van der Waals surface area contributed by atoms with Crippen molar-refractivity contribution < 1.29 is 13.9 Å². The lowest BCUT2D eigenvalue weighted by molar-refractivity contribution is -0.119. The van der Waals surface area contributed by atoms with Crippen LogP contribution in [0, 0.1) is 5.82 Å². The molecule has 118 valence electrons. The number of hydrogen-bond donors (Lipinski definition) is 2. The smallest absolute Gasteiger partial charge is 0.239 e. The Morgan fingerprint density at radius 1 is 1.38 bits per heavy atom. The topological polar surface area (TPSA) is 67.6 Å². The molecular weight excluding hydrogens is 273 g/mol. The van der Waals surface area contributed by atoms with E-state index in [4.69, 9.17) is 10.5 Å². The number of ether oxygens (including phenoxy) is 1. The first-order chi connectivity index (χ1) is 10.2. The largest absolute Gasteiger partial charge is 0.385 e. The summed E-state index contributed by atoms with van der Waals surface area (Å²) in [6, 6.07) is 6.44. The van der Waals surface area contributed by atoms with Crippen molar-refractivity contribution in [3.63, 3.8) is 0 Å². The maximum absolute atomic E-state index is 13.8. The fourth-order valence-electron chi connectivity index (χ4n) is 1.95. The molecule has 0 aromatic heterocycles.